The average Bonchev–Trinajstić information content (AvgIpc) is 3.40. The van der Waals surface area contributed by atoms with E-state index in [1.807, 2.05) is 43.3 Å². The zero-order valence-corrected chi connectivity index (χ0v) is 18.1. The van der Waals surface area contributed by atoms with Crippen molar-refractivity contribution in [3.8, 4) is 0 Å². The van der Waals surface area contributed by atoms with Crippen LogP contribution in [0.2, 0.25) is 0 Å². The number of hydrogen-bond donors (Lipinski definition) is 0. The number of benzene rings is 2. The van der Waals surface area contributed by atoms with E-state index in [-0.39, 0.29) is 12.5 Å². The van der Waals surface area contributed by atoms with Crippen molar-refractivity contribution >= 4 is 41.2 Å². The highest BCUT2D eigenvalue weighted by Crippen LogP contribution is 2.34. The number of amides is 1. The highest BCUT2D eigenvalue weighted by molar-refractivity contribution is 8.18. The van der Waals surface area contributed by atoms with Gasteiger partial charge in [-0.2, -0.15) is 5.10 Å². The molecule has 32 heavy (non-hydrogen) atoms. The van der Waals surface area contributed by atoms with Crippen LogP contribution in [0, 0.1) is 5.82 Å². The van der Waals surface area contributed by atoms with E-state index in [9.17, 15) is 9.18 Å². The number of halogens is 1. The van der Waals surface area contributed by atoms with Crippen LogP contribution < -0.4 is 0 Å². The second-order valence-electron chi connectivity index (χ2n) is 7.03. The van der Waals surface area contributed by atoms with Gasteiger partial charge in [-0.05, 0) is 54.1 Å². The Bertz CT molecular complexity index is 1220. The molecule has 2 heterocycles. The molecule has 3 aromatic rings. The summed E-state index contributed by atoms with van der Waals surface area (Å²) in [5.41, 5.74) is 2.31. The van der Waals surface area contributed by atoms with E-state index in [0.29, 0.717) is 21.4 Å². The van der Waals surface area contributed by atoms with Crippen LogP contribution in [0.25, 0.3) is 12.2 Å². The number of hydrogen-bond acceptors (Lipinski definition) is 5. The van der Waals surface area contributed by atoms with Crippen molar-refractivity contribution in [3.63, 3.8) is 0 Å². The predicted octanol–water partition coefficient (Wildman–Crippen LogP) is 5.98. The van der Waals surface area contributed by atoms with Crippen molar-refractivity contribution in [3.05, 3.63) is 106 Å². The van der Waals surface area contributed by atoms with Crippen molar-refractivity contribution in [2.75, 3.05) is 0 Å². The van der Waals surface area contributed by atoms with Gasteiger partial charge in [-0.1, -0.05) is 54.6 Å². The van der Waals surface area contributed by atoms with E-state index >= 15 is 0 Å². The van der Waals surface area contributed by atoms with Crippen LogP contribution in [0.5, 0.6) is 0 Å². The molecule has 2 aromatic carbocycles. The van der Waals surface area contributed by atoms with E-state index < -0.39 is 5.82 Å². The van der Waals surface area contributed by atoms with Crippen LogP contribution in [0.1, 0.15) is 23.8 Å². The van der Waals surface area contributed by atoms with Crippen LogP contribution in [-0.2, 0) is 11.3 Å². The fourth-order valence-electron chi connectivity index (χ4n) is 3.03. The van der Waals surface area contributed by atoms with E-state index in [1.165, 1.54) is 17.0 Å². The molecule has 160 valence electrons. The lowest BCUT2D eigenvalue weighted by atomic mass is 10.1. The second kappa shape index (κ2) is 10.1. The van der Waals surface area contributed by atoms with Gasteiger partial charge in [-0.25, -0.2) is 4.39 Å². The van der Waals surface area contributed by atoms with Gasteiger partial charge in [0, 0.05) is 5.56 Å². The summed E-state index contributed by atoms with van der Waals surface area (Å²) in [6.07, 6.45) is 6.70. The van der Waals surface area contributed by atoms with Crippen LogP contribution in [-0.4, -0.2) is 22.2 Å². The number of amidine groups is 1. The lowest BCUT2D eigenvalue weighted by molar-refractivity contribution is -0.122. The van der Waals surface area contributed by atoms with E-state index in [0.717, 1.165) is 22.9 Å². The van der Waals surface area contributed by atoms with Crippen molar-refractivity contribution in [2.24, 2.45) is 10.2 Å². The summed E-state index contributed by atoms with van der Waals surface area (Å²) in [7, 11) is 0. The molecule has 5 nitrogen and oxygen atoms in total. The SMILES string of the molecule is CC(/C=N/N=C1\S/C(=C\c2ccccc2F)C(=O)N1Cc1ccco1)=C\c1ccccc1. The van der Waals surface area contributed by atoms with Crippen molar-refractivity contribution in [1.82, 2.24) is 4.90 Å². The molecular weight excluding hydrogens is 425 g/mol. The fourth-order valence-corrected chi connectivity index (χ4v) is 3.96. The quantitative estimate of drug-likeness (QED) is 0.266. The van der Waals surface area contributed by atoms with E-state index in [1.54, 1.807) is 42.8 Å². The maximum Gasteiger partial charge on any atom is 0.267 e. The van der Waals surface area contributed by atoms with Gasteiger partial charge >= 0.3 is 0 Å². The normalized spacial score (nSPS) is 17.2. The minimum Gasteiger partial charge on any atom is -0.467 e. The van der Waals surface area contributed by atoms with Crippen LogP contribution in [0.15, 0.2) is 98.1 Å². The van der Waals surface area contributed by atoms with Gasteiger partial charge in [0.05, 0.1) is 23.9 Å². The van der Waals surface area contributed by atoms with Gasteiger partial charge in [-0.15, -0.1) is 5.10 Å². The average molecular weight is 446 g/mol. The fraction of sp³-hybridized carbons (Fsp3) is 0.0800. The lowest BCUT2D eigenvalue weighted by Crippen LogP contribution is -2.28. The first-order valence-electron chi connectivity index (χ1n) is 9.93. The molecule has 0 radical (unpaired) electrons. The molecule has 1 aromatic heterocycles. The van der Waals surface area contributed by atoms with Crippen LogP contribution >= 0.6 is 11.8 Å². The minimum absolute atomic E-state index is 0.209. The summed E-state index contributed by atoms with van der Waals surface area (Å²) in [6, 6.07) is 19.7. The number of furan rings is 1. The topological polar surface area (TPSA) is 58.2 Å². The lowest BCUT2D eigenvalue weighted by Gasteiger charge is -2.12. The van der Waals surface area contributed by atoms with Gasteiger partial charge in [0.25, 0.3) is 5.91 Å². The first-order chi connectivity index (χ1) is 15.6. The minimum atomic E-state index is -0.393. The Balaban J connectivity index is 1.59. The third-order valence-corrected chi connectivity index (χ3v) is 5.57. The Kier molecular flexibility index (Phi) is 6.77. The molecule has 4 rings (SSSR count). The van der Waals surface area contributed by atoms with Gasteiger partial charge < -0.3 is 4.42 Å². The summed E-state index contributed by atoms with van der Waals surface area (Å²) >= 11 is 1.15. The molecule has 0 atom stereocenters. The summed E-state index contributed by atoms with van der Waals surface area (Å²) in [4.78, 5) is 14.9. The summed E-state index contributed by atoms with van der Waals surface area (Å²) < 4.78 is 19.5. The molecule has 1 aliphatic heterocycles. The van der Waals surface area contributed by atoms with E-state index in [2.05, 4.69) is 10.2 Å². The maximum absolute atomic E-state index is 14.1. The molecule has 7 heteroatoms. The van der Waals surface area contributed by atoms with Gasteiger partial charge in [0.1, 0.15) is 11.6 Å². The van der Waals surface area contributed by atoms with Crippen LogP contribution in [0.4, 0.5) is 4.39 Å². The third kappa shape index (κ3) is 5.31. The number of rotatable bonds is 6. The Morgan fingerprint density at radius 1 is 1.09 bits per heavy atom. The molecule has 1 aliphatic rings. The Morgan fingerprint density at radius 2 is 1.88 bits per heavy atom. The second-order valence-corrected chi connectivity index (χ2v) is 8.04. The summed E-state index contributed by atoms with van der Waals surface area (Å²) in [6.45, 7) is 2.13. The number of thioether (sulfide) groups is 1. The standard InChI is InChI=1S/C25H20FN3O2S/c1-18(14-19-8-3-2-4-9-19)16-27-28-25-29(17-21-11-7-13-31-21)24(30)23(32-25)15-20-10-5-6-12-22(20)26/h2-16H,17H2,1H3/b18-14+,23-15-,27-16+,28-25-. The monoisotopic (exact) mass is 445 g/mol. The van der Waals surface area contributed by atoms with Crippen molar-refractivity contribution in [2.45, 2.75) is 13.5 Å². The predicted molar refractivity (Wildman–Crippen MR) is 127 cm³/mol. The molecular formula is C25H20FN3O2S. The molecule has 0 unspecified atom stereocenters. The summed E-state index contributed by atoms with van der Waals surface area (Å²) in [5, 5.41) is 8.84. The van der Waals surface area contributed by atoms with Gasteiger partial charge in [0.15, 0.2) is 5.17 Å². The third-order valence-electron chi connectivity index (χ3n) is 4.57. The molecule has 0 saturated carbocycles. The Morgan fingerprint density at radius 3 is 2.62 bits per heavy atom. The van der Waals surface area contributed by atoms with Crippen LogP contribution in [0.3, 0.4) is 0 Å². The smallest absolute Gasteiger partial charge is 0.267 e. The zero-order chi connectivity index (χ0) is 22.3. The maximum atomic E-state index is 14.1. The first kappa shape index (κ1) is 21.5. The highest BCUT2D eigenvalue weighted by Gasteiger charge is 2.34. The molecule has 0 bridgehead atoms. The number of carbonyl (C=O) groups is 1. The number of allylic oxidation sites excluding steroid dienone is 1. The summed E-state index contributed by atoms with van der Waals surface area (Å²) in [5.74, 6) is -0.0563. The molecule has 0 spiro atoms. The number of carbonyl (C=O) groups excluding carboxylic acids is 1. The van der Waals surface area contributed by atoms with E-state index in [4.69, 9.17) is 4.42 Å². The van der Waals surface area contributed by atoms with Gasteiger partial charge in [0.2, 0.25) is 0 Å². The molecule has 1 fully saturated rings. The first-order valence-corrected chi connectivity index (χ1v) is 10.7. The molecule has 0 aliphatic carbocycles. The highest BCUT2D eigenvalue weighted by atomic mass is 32.2. The number of nitrogens with zero attached hydrogens (tertiary/aromatic N) is 3. The molecule has 1 amide bonds. The Hall–Kier alpha value is -3.71. The largest absolute Gasteiger partial charge is 0.467 e. The van der Waals surface area contributed by atoms with Gasteiger partial charge in [-0.3, -0.25) is 9.69 Å². The van der Waals surface area contributed by atoms with Crippen molar-refractivity contribution < 1.29 is 13.6 Å². The molecule has 0 N–H and O–H groups in total. The van der Waals surface area contributed by atoms with Crippen molar-refractivity contribution in [1.29, 1.82) is 0 Å². The zero-order valence-electron chi connectivity index (χ0n) is 17.3. The Labute approximate surface area is 189 Å². The molecule has 1 saturated heterocycles.